The van der Waals surface area contributed by atoms with Crippen LogP contribution in [0.15, 0.2) is 24.3 Å². The molecule has 120 valence electrons. The number of amides is 1. The number of rotatable bonds is 3. The van der Waals surface area contributed by atoms with Gasteiger partial charge in [-0.2, -0.15) is 0 Å². The lowest BCUT2D eigenvalue weighted by molar-refractivity contribution is 0.0287. The summed E-state index contributed by atoms with van der Waals surface area (Å²) in [6.45, 7) is 6.82. The molecule has 5 nitrogen and oxygen atoms in total. The zero-order chi connectivity index (χ0) is 16.3. The Kier molecular flexibility index (Phi) is 4.74. The number of ether oxygens (including phenoxy) is 1. The summed E-state index contributed by atoms with van der Waals surface area (Å²) in [4.78, 5) is 25.0. The van der Waals surface area contributed by atoms with Crippen LogP contribution in [0.3, 0.4) is 0 Å². The fourth-order valence-corrected chi connectivity index (χ4v) is 2.71. The third kappa shape index (κ3) is 4.23. The molecule has 1 atom stereocenters. The number of hydrogen-bond donors (Lipinski definition) is 1. The molecule has 1 saturated heterocycles. The number of hydrogen-bond acceptors (Lipinski definition) is 3. The molecular formula is C17H23NO4. The summed E-state index contributed by atoms with van der Waals surface area (Å²) < 4.78 is 5.38. The molecule has 1 heterocycles. The minimum atomic E-state index is -0.905. The molecule has 0 spiro atoms. The number of aromatic carboxylic acids is 1. The molecule has 0 bridgehead atoms. The van der Waals surface area contributed by atoms with E-state index in [9.17, 15) is 14.7 Å². The van der Waals surface area contributed by atoms with E-state index < -0.39 is 11.6 Å². The lowest BCUT2D eigenvalue weighted by Crippen LogP contribution is -2.35. The van der Waals surface area contributed by atoms with Crippen LogP contribution in [0, 0.1) is 5.92 Å². The molecule has 0 aliphatic carbocycles. The zero-order valence-electron chi connectivity index (χ0n) is 13.3. The van der Waals surface area contributed by atoms with Crippen LogP contribution in [-0.2, 0) is 11.2 Å². The summed E-state index contributed by atoms with van der Waals surface area (Å²) >= 11 is 0. The Labute approximate surface area is 130 Å². The van der Waals surface area contributed by atoms with Crippen molar-refractivity contribution >= 4 is 12.1 Å². The molecular weight excluding hydrogens is 282 g/mol. The number of carbonyl (C=O) groups excluding carboxylic acids is 1. The summed E-state index contributed by atoms with van der Waals surface area (Å²) in [6, 6.07) is 7.05. The first-order valence-corrected chi connectivity index (χ1v) is 7.55. The minimum Gasteiger partial charge on any atom is -0.478 e. The highest BCUT2D eigenvalue weighted by Gasteiger charge is 2.30. The monoisotopic (exact) mass is 305 g/mol. The average Bonchev–Trinajstić information content (AvgIpc) is 2.86. The second-order valence-corrected chi connectivity index (χ2v) is 6.75. The number of benzene rings is 1. The molecule has 2 rings (SSSR count). The van der Waals surface area contributed by atoms with Crippen molar-refractivity contribution in [2.75, 3.05) is 13.1 Å². The summed E-state index contributed by atoms with van der Waals surface area (Å²) in [5.74, 6) is -0.634. The van der Waals surface area contributed by atoms with Crippen LogP contribution < -0.4 is 0 Å². The van der Waals surface area contributed by atoms with E-state index in [0.717, 1.165) is 12.0 Å². The fraction of sp³-hybridized carbons (Fsp3) is 0.529. The van der Waals surface area contributed by atoms with Gasteiger partial charge in [0.15, 0.2) is 0 Å². The van der Waals surface area contributed by atoms with Crippen LogP contribution in [0.5, 0.6) is 0 Å². The number of carbonyl (C=O) groups is 2. The first-order chi connectivity index (χ1) is 10.3. The second-order valence-electron chi connectivity index (χ2n) is 6.75. The number of nitrogens with zero attached hydrogens (tertiary/aromatic N) is 1. The van der Waals surface area contributed by atoms with E-state index in [4.69, 9.17) is 4.74 Å². The lowest BCUT2D eigenvalue weighted by Gasteiger charge is -2.24. The quantitative estimate of drug-likeness (QED) is 0.931. The summed E-state index contributed by atoms with van der Waals surface area (Å²) in [7, 11) is 0. The molecule has 0 aromatic heterocycles. The molecule has 1 amide bonds. The van der Waals surface area contributed by atoms with Gasteiger partial charge in [0.2, 0.25) is 0 Å². The molecule has 0 unspecified atom stereocenters. The van der Waals surface area contributed by atoms with Crippen LogP contribution in [0.25, 0.3) is 0 Å². The minimum absolute atomic E-state index is 0.271. The van der Waals surface area contributed by atoms with Crippen molar-refractivity contribution in [3.05, 3.63) is 35.4 Å². The Morgan fingerprint density at radius 2 is 2.00 bits per heavy atom. The highest BCUT2D eigenvalue weighted by molar-refractivity contribution is 5.89. The highest BCUT2D eigenvalue weighted by Crippen LogP contribution is 2.24. The van der Waals surface area contributed by atoms with Gasteiger partial charge in [0, 0.05) is 13.1 Å². The molecule has 5 heteroatoms. The standard InChI is InChI=1S/C17H23NO4/c1-17(2,3)22-16(21)18-9-8-12(11-18)10-13-6-4-5-7-14(13)15(19)20/h4-7,12H,8-11H2,1-3H3,(H,19,20)/t12-/m0/s1. The SMILES string of the molecule is CC(C)(C)OC(=O)N1CC[C@@H](Cc2ccccc2C(=O)O)C1. The maximum absolute atomic E-state index is 12.0. The van der Waals surface area contributed by atoms with Crippen molar-refractivity contribution in [2.24, 2.45) is 5.92 Å². The van der Waals surface area contributed by atoms with E-state index in [1.165, 1.54) is 0 Å². The van der Waals surface area contributed by atoms with Crippen LogP contribution in [-0.4, -0.2) is 40.8 Å². The van der Waals surface area contributed by atoms with Gasteiger partial charge < -0.3 is 14.7 Å². The molecule has 0 saturated carbocycles. The van der Waals surface area contributed by atoms with E-state index in [1.807, 2.05) is 32.9 Å². The van der Waals surface area contributed by atoms with Gasteiger partial charge in [0.05, 0.1) is 5.56 Å². The molecule has 1 aromatic carbocycles. The van der Waals surface area contributed by atoms with Gasteiger partial charge in [-0.3, -0.25) is 0 Å². The van der Waals surface area contributed by atoms with Crippen molar-refractivity contribution < 1.29 is 19.4 Å². The summed E-state index contributed by atoms with van der Waals surface area (Å²) in [5.41, 5.74) is 0.676. The van der Waals surface area contributed by atoms with E-state index in [1.54, 1.807) is 17.0 Å². The number of likely N-dealkylation sites (tertiary alicyclic amines) is 1. The van der Waals surface area contributed by atoms with Gasteiger partial charge in [0.25, 0.3) is 0 Å². The number of carboxylic acids is 1. The zero-order valence-corrected chi connectivity index (χ0v) is 13.3. The maximum Gasteiger partial charge on any atom is 0.410 e. The third-order valence-electron chi connectivity index (χ3n) is 3.69. The van der Waals surface area contributed by atoms with Crippen LogP contribution in [0.4, 0.5) is 4.79 Å². The predicted molar refractivity (Wildman–Crippen MR) is 83.0 cm³/mol. The number of carboxylic acid groups (broad SMARTS) is 1. The van der Waals surface area contributed by atoms with E-state index in [0.29, 0.717) is 25.1 Å². The van der Waals surface area contributed by atoms with Crippen molar-refractivity contribution in [1.82, 2.24) is 4.90 Å². The van der Waals surface area contributed by atoms with Gasteiger partial charge in [-0.1, -0.05) is 18.2 Å². The fourth-order valence-electron chi connectivity index (χ4n) is 2.71. The van der Waals surface area contributed by atoms with Crippen molar-refractivity contribution in [2.45, 2.75) is 39.2 Å². The van der Waals surface area contributed by atoms with Crippen LogP contribution >= 0.6 is 0 Å². The van der Waals surface area contributed by atoms with E-state index in [2.05, 4.69) is 0 Å². The smallest absolute Gasteiger partial charge is 0.410 e. The van der Waals surface area contributed by atoms with E-state index >= 15 is 0 Å². The average molecular weight is 305 g/mol. The molecule has 1 aliphatic rings. The third-order valence-corrected chi connectivity index (χ3v) is 3.69. The molecule has 1 N–H and O–H groups in total. The topological polar surface area (TPSA) is 66.8 Å². The van der Waals surface area contributed by atoms with Gasteiger partial charge in [-0.15, -0.1) is 0 Å². The first-order valence-electron chi connectivity index (χ1n) is 7.55. The molecule has 1 aromatic rings. The normalized spacial score (nSPS) is 18.3. The maximum atomic E-state index is 12.0. The molecule has 22 heavy (non-hydrogen) atoms. The Morgan fingerprint density at radius 3 is 2.64 bits per heavy atom. The van der Waals surface area contributed by atoms with Crippen molar-refractivity contribution in [1.29, 1.82) is 0 Å². The molecule has 1 fully saturated rings. The molecule has 1 aliphatic heterocycles. The van der Waals surface area contributed by atoms with Gasteiger partial charge in [-0.05, 0) is 51.2 Å². The summed E-state index contributed by atoms with van der Waals surface area (Å²) in [6.07, 6.45) is 1.25. The lowest BCUT2D eigenvalue weighted by atomic mass is 9.95. The van der Waals surface area contributed by atoms with Crippen LogP contribution in [0.2, 0.25) is 0 Å². The van der Waals surface area contributed by atoms with Gasteiger partial charge in [-0.25, -0.2) is 9.59 Å². The first kappa shape index (κ1) is 16.3. The van der Waals surface area contributed by atoms with Gasteiger partial charge >= 0.3 is 12.1 Å². The highest BCUT2D eigenvalue weighted by atomic mass is 16.6. The Hall–Kier alpha value is -2.04. The van der Waals surface area contributed by atoms with Crippen molar-refractivity contribution in [3.8, 4) is 0 Å². The van der Waals surface area contributed by atoms with Crippen molar-refractivity contribution in [3.63, 3.8) is 0 Å². The molecule has 0 radical (unpaired) electrons. The second kappa shape index (κ2) is 6.38. The Morgan fingerprint density at radius 1 is 1.32 bits per heavy atom. The Balaban J connectivity index is 1.97. The van der Waals surface area contributed by atoms with Gasteiger partial charge in [0.1, 0.15) is 5.60 Å². The largest absolute Gasteiger partial charge is 0.478 e. The van der Waals surface area contributed by atoms with Crippen LogP contribution in [0.1, 0.15) is 43.1 Å². The van der Waals surface area contributed by atoms with E-state index in [-0.39, 0.29) is 12.0 Å². The predicted octanol–water partition coefficient (Wildman–Crippen LogP) is 3.18. The Bertz CT molecular complexity index is 562. The summed E-state index contributed by atoms with van der Waals surface area (Å²) in [5, 5.41) is 9.22.